The van der Waals surface area contributed by atoms with Gasteiger partial charge in [-0.15, -0.1) is 11.3 Å². The summed E-state index contributed by atoms with van der Waals surface area (Å²) in [6, 6.07) is 0. The molecule has 0 saturated heterocycles. The molecule has 0 atom stereocenters. The summed E-state index contributed by atoms with van der Waals surface area (Å²) in [6.07, 6.45) is -8.15. The summed E-state index contributed by atoms with van der Waals surface area (Å²) in [4.78, 5) is -0.0768. The average molecular weight is 660 g/mol. The van der Waals surface area contributed by atoms with Crippen molar-refractivity contribution in [3.63, 3.8) is 0 Å². The molecule has 1 rings (SSSR count). The van der Waals surface area contributed by atoms with Crippen LogP contribution in [0.5, 0.6) is 0 Å². The molecule has 0 aliphatic rings. The molecule has 0 unspecified atom stereocenters. The molecule has 1 heterocycles. The summed E-state index contributed by atoms with van der Waals surface area (Å²) in [5, 5.41) is 8.95. The third-order valence-electron chi connectivity index (χ3n) is 2.65. The second kappa shape index (κ2) is 9.64. The Balaban J connectivity index is 0.00000118. The van der Waals surface area contributed by atoms with Gasteiger partial charge in [0.15, 0.2) is 0 Å². The highest BCUT2D eigenvalue weighted by atomic mass is 80.0. The fourth-order valence-corrected chi connectivity index (χ4v) is 3.20. The van der Waals surface area contributed by atoms with Crippen LogP contribution in [0.3, 0.4) is 0 Å². The number of thiophene rings is 1. The van der Waals surface area contributed by atoms with Gasteiger partial charge >= 0.3 is 18.0 Å². The van der Waals surface area contributed by atoms with E-state index in [1.54, 1.807) is 0 Å². The number of hydrogen-bond donors (Lipinski definition) is 1. The first-order chi connectivity index (χ1) is 10.6. The van der Waals surface area contributed by atoms with E-state index in [9.17, 15) is 30.7 Å². The molecule has 0 radical (unpaired) electrons. The van der Waals surface area contributed by atoms with Crippen LogP contribution in [0.2, 0.25) is 0 Å². The third-order valence-corrected chi connectivity index (χ3v) is 4.84. The minimum Gasteiger partial charge on any atom is -0.391 e. The Morgan fingerprint density at radius 1 is 1.04 bits per heavy atom. The number of hydrogen-bond acceptors (Lipinski definition) is 2. The molecule has 24 heavy (non-hydrogen) atoms. The van der Waals surface area contributed by atoms with E-state index < -0.39 is 36.6 Å². The standard InChI is InChI=1S/C10H8BrF7OS.Br3P/c1-4-5(6(3-19)20-7(4)11)2-8(12,13)9(14,15)10(16,17)18;1-4(2)3/h19H,2-3H2,1H3;. The zero-order valence-electron chi connectivity index (χ0n) is 11.4. The Kier molecular flexibility index (Phi) is 10.2. The van der Waals surface area contributed by atoms with Crippen LogP contribution in [-0.4, -0.2) is 23.1 Å². The molecule has 0 aromatic carbocycles. The molecule has 142 valence electrons. The van der Waals surface area contributed by atoms with E-state index in [1.807, 2.05) is 0 Å². The largest absolute Gasteiger partial charge is 0.459 e. The van der Waals surface area contributed by atoms with E-state index in [2.05, 4.69) is 62.4 Å². The van der Waals surface area contributed by atoms with Crippen LogP contribution in [0, 0.1) is 6.92 Å². The van der Waals surface area contributed by atoms with Crippen LogP contribution in [0.4, 0.5) is 30.7 Å². The van der Waals surface area contributed by atoms with Gasteiger partial charge in [-0.05, 0) is 80.4 Å². The van der Waals surface area contributed by atoms with Gasteiger partial charge in [0.05, 0.1) is 10.4 Å². The number of halogens is 11. The fourth-order valence-electron chi connectivity index (χ4n) is 1.47. The van der Waals surface area contributed by atoms with Gasteiger partial charge in [0.25, 0.3) is 0 Å². The van der Waals surface area contributed by atoms with Crippen LogP contribution < -0.4 is 0 Å². The second-order valence-corrected chi connectivity index (χ2v) is 22.0. The highest BCUT2D eigenvalue weighted by Gasteiger charge is 2.72. The van der Waals surface area contributed by atoms with Gasteiger partial charge < -0.3 is 5.11 Å². The molecule has 0 aliphatic carbocycles. The van der Waals surface area contributed by atoms with Crippen molar-refractivity contribution in [3.05, 3.63) is 19.8 Å². The van der Waals surface area contributed by atoms with Gasteiger partial charge in [0.1, 0.15) is 4.03 Å². The lowest BCUT2D eigenvalue weighted by Gasteiger charge is -2.28. The molecule has 1 N–H and O–H groups in total. The van der Waals surface area contributed by atoms with Gasteiger partial charge in [-0.1, -0.05) is 0 Å². The number of aliphatic hydroxyl groups is 1. The summed E-state index contributed by atoms with van der Waals surface area (Å²) in [6.45, 7) is 0.566. The zero-order valence-corrected chi connectivity index (χ0v) is 19.4. The predicted octanol–water partition coefficient (Wildman–Crippen LogP) is 8.08. The van der Waals surface area contributed by atoms with Gasteiger partial charge in [0, 0.05) is 11.3 Å². The fraction of sp³-hybridized carbons (Fsp3) is 0.600. The predicted molar refractivity (Wildman–Crippen MR) is 96.0 cm³/mol. The molecule has 0 saturated carbocycles. The lowest BCUT2D eigenvalue weighted by atomic mass is 9.99. The molecular formula is C10H8Br4F7OPS. The first-order valence-corrected chi connectivity index (χ1v) is 14.6. The molecule has 14 heteroatoms. The smallest absolute Gasteiger partial charge is 0.391 e. The maximum absolute atomic E-state index is 13.3. The van der Waals surface area contributed by atoms with Crippen molar-refractivity contribution in [2.45, 2.75) is 38.0 Å². The Morgan fingerprint density at radius 3 is 1.79 bits per heavy atom. The Labute approximate surface area is 170 Å². The number of rotatable bonds is 4. The molecule has 0 amide bonds. The lowest BCUT2D eigenvalue weighted by Crippen LogP contribution is -2.53. The van der Waals surface area contributed by atoms with Crippen molar-refractivity contribution in [2.24, 2.45) is 0 Å². The van der Waals surface area contributed by atoms with Crippen LogP contribution in [-0.2, 0) is 13.0 Å². The van der Waals surface area contributed by atoms with Gasteiger partial charge in [0.2, 0.25) is 0 Å². The molecule has 0 aliphatic heterocycles. The summed E-state index contributed by atoms with van der Waals surface area (Å²) in [7, 11) is 0. The number of aliphatic hydroxyl groups excluding tert-OH is 1. The minimum absolute atomic E-state index is 0.0768. The zero-order chi connectivity index (χ0) is 19.5. The van der Waals surface area contributed by atoms with E-state index in [0.29, 0.717) is 3.79 Å². The summed E-state index contributed by atoms with van der Waals surface area (Å²) in [5.41, 5.74) is -0.296. The van der Waals surface area contributed by atoms with Gasteiger partial charge in [-0.25, -0.2) is 0 Å². The third kappa shape index (κ3) is 6.60. The van der Waals surface area contributed by atoms with E-state index in [0.717, 1.165) is 11.3 Å². The molecule has 0 fully saturated rings. The molecule has 1 aromatic rings. The molecule has 1 nitrogen and oxygen atoms in total. The van der Waals surface area contributed by atoms with Crippen molar-refractivity contribution >= 4 is 77.8 Å². The first-order valence-electron chi connectivity index (χ1n) is 5.55. The molecule has 1 aromatic heterocycles. The molecule has 0 spiro atoms. The second-order valence-electron chi connectivity index (χ2n) is 4.21. The van der Waals surface area contributed by atoms with E-state index in [4.69, 9.17) is 5.11 Å². The quantitative estimate of drug-likeness (QED) is 0.256. The van der Waals surface area contributed by atoms with E-state index in [1.165, 1.54) is 6.92 Å². The van der Waals surface area contributed by atoms with Gasteiger partial charge in [-0.3, -0.25) is 0 Å². The van der Waals surface area contributed by atoms with Crippen molar-refractivity contribution in [2.75, 3.05) is 0 Å². The topological polar surface area (TPSA) is 20.2 Å². The molecular weight excluding hydrogens is 652 g/mol. The molecule has 0 bridgehead atoms. The first kappa shape index (κ1) is 25.5. The maximum atomic E-state index is 13.3. The van der Waals surface area contributed by atoms with Crippen LogP contribution >= 0.6 is 77.8 Å². The van der Waals surface area contributed by atoms with E-state index >= 15 is 0 Å². The summed E-state index contributed by atoms with van der Waals surface area (Å²) < 4.78 is 88.5. The Morgan fingerprint density at radius 2 is 1.46 bits per heavy atom. The SMILES string of the molecule is BrP(Br)Br.Cc1c(Br)sc(CO)c1CC(F)(F)C(F)(F)C(F)(F)F. The van der Waals surface area contributed by atoms with Crippen LogP contribution in [0.1, 0.15) is 16.0 Å². The van der Waals surface area contributed by atoms with Crippen molar-refractivity contribution in [3.8, 4) is 0 Å². The van der Waals surface area contributed by atoms with Crippen molar-refractivity contribution in [1.82, 2.24) is 0 Å². The van der Waals surface area contributed by atoms with Crippen molar-refractivity contribution < 1.29 is 35.8 Å². The highest BCUT2D eigenvalue weighted by Crippen LogP contribution is 2.59. The summed E-state index contributed by atoms with van der Waals surface area (Å²) in [5.74, 6) is -11.5. The van der Waals surface area contributed by atoms with Crippen LogP contribution in [0.25, 0.3) is 0 Å². The lowest BCUT2D eigenvalue weighted by molar-refractivity contribution is -0.354. The number of alkyl halides is 7. The van der Waals surface area contributed by atoms with Crippen molar-refractivity contribution in [1.29, 1.82) is 0 Å². The summed E-state index contributed by atoms with van der Waals surface area (Å²) >= 11 is 13.3. The van der Waals surface area contributed by atoms with E-state index in [-0.39, 0.29) is 14.5 Å². The highest BCUT2D eigenvalue weighted by molar-refractivity contribution is 9.93. The normalized spacial score (nSPS) is 13.1. The Hall–Kier alpha value is 1.52. The minimum atomic E-state index is -6.35. The Bertz CT molecular complexity index is 547. The maximum Gasteiger partial charge on any atom is 0.459 e. The monoisotopic (exact) mass is 656 g/mol. The average Bonchev–Trinajstić information content (AvgIpc) is 2.64. The van der Waals surface area contributed by atoms with Crippen LogP contribution in [0.15, 0.2) is 3.79 Å². The van der Waals surface area contributed by atoms with Gasteiger partial charge in [-0.2, -0.15) is 30.7 Å².